The van der Waals surface area contributed by atoms with Crippen molar-refractivity contribution < 1.29 is 58.8 Å². The summed E-state index contributed by atoms with van der Waals surface area (Å²) in [5.74, 6) is 0.709. The van der Waals surface area contributed by atoms with E-state index in [1.807, 2.05) is 37.3 Å². The third-order valence-electron chi connectivity index (χ3n) is 6.59. The molecular weight excluding hydrogens is 547 g/mol. The number of ether oxygens (including phenoxy) is 2. The first-order valence-corrected chi connectivity index (χ1v) is 15.0. The predicted octanol–water partition coefficient (Wildman–Crippen LogP) is 3.34. The van der Waals surface area contributed by atoms with Gasteiger partial charge in [-0.3, -0.25) is 4.79 Å². The van der Waals surface area contributed by atoms with Crippen LogP contribution in [0.1, 0.15) is 78.2 Å². The van der Waals surface area contributed by atoms with Crippen LogP contribution in [-0.2, 0) is 17.6 Å². The molecule has 0 aliphatic carbocycles. The second-order valence-electron chi connectivity index (χ2n) is 9.72. The molecule has 0 fully saturated rings. The Labute approximate surface area is 270 Å². The largest absolute Gasteiger partial charge is 1.00 e. The van der Waals surface area contributed by atoms with E-state index in [0.29, 0.717) is 48.7 Å². The molecule has 3 rings (SSSR count). The van der Waals surface area contributed by atoms with Gasteiger partial charge in [0.25, 0.3) is 0 Å². The second kappa shape index (κ2) is 18.9. The Hall–Kier alpha value is -2.45. The molecule has 3 aromatic rings. The molecule has 1 atom stereocenters. The van der Waals surface area contributed by atoms with Crippen molar-refractivity contribution in [2.45, 2.75) is 64.0 Å². The number of carbonyl (C=O) groups is 2. The number of benzene rings is 3. The number of hydrogen-bond acceptors (Lipinski definition) is 7. The van der Waals surface area contributed by atoms with E-state index in [4.69, 9.17) is 9.47 Å². The summed E-state index contributed by atoms with van der Waals surface area (Å²) in [6.45, 7) is 4.35. The van der Waals surface area contributed by atoms with Crippen molar-refractivity contribution in [3.63, 3.8) is 0 Å². The Bertz CT molecular complexity index is 1220. The summed E-state index contributed by atoms with van der Waals surface area (Å²) in [4.78, 5) is 22.7. The van der Waals surface area contributed by atoms with Gasteiger partial charge >= 0.3 is 29.6 Å². The molecule has 0 aromatic heterocycles. The van der Waals surface area contributed by atoms with Crippen molar-refractivity contribution in [3.8, 4) is 17.2 Å². The zero-order chi connectivity index (χ0) is 28.7. The molecule has 0 aliphatic heterocycles. The van der Waals surface area contributed by atoms with Gasteiger partial charge in [0.1, 0.15) is 17.2 Å². The van der Waals surface area contributed by atoms with Gasteiger partial charge in [-0.1, -0.05) is 55.8 Å². The molecule has 1 unspecified atom stereocenters. The molecule has 0 radical (unpaired) electrons. The summed E-state index contributed by atoms with van der Waals surface area (Å²) in [5.41, 5.74) is 3.45. The number of carboxylic acid groups (broad SMARTS) is 1. The fraction of sp³-hybridized carbons (Fsp3) is 0.394. The van der Waals surface area contributed by atoms with Crippen LogP contribution in [0, 0.1) is 0 Å². The van der Waals surface area contributed by atoms with Crippen LogP contribution >= 0.6 is 11.8 Å². The molecule has 0 amide bonds. The van der Waals surface area contributed by atoms with Gasteiger partial charge in [0.2, 0.25) is 0 Å². The van der Waals surface area contributed by atoms with Crippen molar-refractivity contribution in [1.29, 1.82) is 0 Å². The number of rotatable bonds is 18. The van der Waals surface area contributed by atoms with Gasteiger partial charge in [-0.15, -0.1) is 0 Å². The smallest absolute Gasteiger partial charge is 0.550 e. The number of phenolic OH excluding ortho intramolecular Hbond substituents is 1. The van der Waals surface area contributed by atoms with Crippen LogP contribution in [0.5, 0.6) is 17.2 Å². The molecule has 0 saturated heterocycles. The van der Waals surface area contributed by atoms with Crippen molar-refractivity contribution in [1.82, 2.24) is 0 Å². The number of Topliss-reactive ketones (excluding diaryl/α,β-unsaturated/α-hetero) is 1. The fourth-order valence-electron chi connectivity index (χ4n) is 4.51. The van der Waals surface area contributed by atoms with Gasteiger partial charge in [-0.25, -0.2) is 0 Å². The molecular formula is C33H39NaO6S. The number of ketones is 1. The summed E-state index contributed by atoms with van der Waals surface area (Å²) in [5, 5.41) is 21.6. The van der Waals surface area contributed by atoms with Crippen LogP contribution in [0.3, 0.4) is 0 Å². The van der Waals surface area contributed by atoms with E-state index < -0.39 is 5.97 Å². The molecule has 8 heteroatoms. The van der Waals surface area contributed by atoms with E-state index >= 15 is 0 Å². The Kier molecular flexibility index (Phi) is 16.0. The van der Waals surface area contributed by atoms with Crippen molar-refractivity contribution in [2.24, 2.45) is 0 Å². The number of carbonyl (C=O) groups excluding carboxylic acids is 2. The first kappa shape index (κ1) is 34.7. The average Bonchev–Trinajstić information content (AvgIpc) is 2.94. The first-order chi connectivity index (χ1) is 19.4. The summed E-state index contributed by atoms with van der Waals surface area (Å²) in [6.07, 6.45) is 5.11. The maximum atomic E-state index is 11.8. The minimum absolute atomic E-state index is 0. The number of aromatic hydroxyl groups is 1. The normalized spacial score (nSPS) is 11.4. The Morgan fingerprint density at radius 1 is 0.927 bits per heavy atom. The zero-order valence-corrected chi connectivity index (χ0v) is 27.2. The average molecular weight is 587 g/mol. The Balaban J connectivity index is 0.00000588. The number of hydrogen-bond donors (Lipinski definition) is 1. The molecule has 6 nitrogen and oxygen atoms in total. The summed E-state index contributed by atoms with van der Waals surface area (Å²) >= 11 is 1.66. The fourth-order valence-corrected chi connectivity index (χ4v) is 5.76. The van der Waals surface area contributed by atoms with E-state index in [1.54, 1.807) is 23.9 Å². The maximum absolute atomic E-state index is 11.8. The minimum Gasteiger partial charge on any atom is -0.550 e. The number of carboxylic acids is 1. The first-order valence-electron chi connectivity index (χ1n) is 14.0. The van der Waals surface area contributed by atoms with E-state index in [9.17, 15) is 19.8 Å². The number of phenols is 1. The van der Waals surface area contributed by atoms with Gasteiger partial charge in [0, 0.05) is 23.2 Å². The molecule has 214 valence electrons. The summed E-state index contributed by atoms with van der Waals surface area (Å²) < 4.78 is 11.8. The molecule has 0 spiro atoms. The molecule has 41 heavy (non-hydrogen) atoms. The molecule has 0 heterocycles. The summed E-state index contributed by atoms with van der Waals surface area (Å²) in [6, 6.07) is 21.8. The minimum atomic E-state index is -1.02. The summed E-state index contributed by atoms with van der Waals surface area (Å²) in [7, 11) is 0. The van der Waals surface area contributed by atoms with Crippen molar-refractivity contribution in [3.05, 3.63) is 89.0 Å². The van der Waals surface area contributed by atoms with Gasteiger partial charge in [-0.05, 0) is 80.2 Å². The van der Waals surface area contributed by atoms with Crippen molar-refractivity contribution in [2.75, 3.05) is 19.0 Å². The van der Waals surface area contributed by atoms with Crippen LogP contribution in [0.25, 0.3) is 0 Å². The third kappa shape index (κ3) is 11.8. The molecule has 0 aliphatic rings. The van der Waals surface area contributed by atoms with E-state index in [2.05, 4.69) is 24.3 Å². The number of aryl methyl sites for hydroxylation is 1. The van der Waals surface area contributed by atoms with E-state index in [-0.39, 0.29) is 52.8 Å². The van der Waals surface area contributed by atoms with E-state index in [1.165, 1.54) is 12.5 Å². The number of aliphatic carboxylic acids is 1. The molecule has 1 N–H and O–H groups in total. The van der Waals surface area contributed by atoms with Crippen LogP contribution in [-0.4, -0.2) is 35.8 Å². The van der Waals surface area contributed by atoms with Crippen LogP contribution < -0.4 is 44.1 Å². The van der Waals surface area contributed by atoms with Crippen molar-refractivity contribution >= 4 is 23.5 Å². The third-order valence-corrected chi connectivity index (χ3v) is 7.94. The second-order valence-corrected chi connectivity index (χ2v) is 11.0. The molecule has 3 aromatic carbocycles. The topological polar surface area (TPSA) is 95.9 Å². The zero-order valence-electron chi connectivity index (χ0n) is 24.4. The predicted molar refractivity (Wildman–Crippen MR) is 158 cm³/mol. The van der Waals surface area contributed by atoms with Gasteiger partial charge in [-0.2, -0.15) is 11.8 Å². The Morgan fingerprint density at radius 3 is 2.29 bits per heavy atom. The van der Waals surface area contributed by atoms with Gasteiger partial charge in [0.05, 0.1) is 18.8 Å². The van der Waals surface area contributed by atoms with Gasteiger partial charge in [0.15, 0.2) is 5.78 Å². The van der Waals surface area contributed by atoms with Crippen LogP contribution in [0.4, 0.5) is 0 Å². The molecule has 0 saturated carbocycles. The molecule has 0 bridgehead atoms. The van der Waals surface area contributed by atoms with Crippen LogP contribution in [0.2, 0.25) is 0 Å². The Morgan fingerprint density at radius 2 is 1.63 bits per heavy atom. The standard InChI is InChI=1S/C33H40O6S.Na/c1-3-9-29-30(19-18-28(24(2)34)33(29)37)39-22-8-21-38-27-16-14-26(15-17-27)31(40-23-20-32(35)36)13-7-12-25-10-5-4-6-11-25;/h4-6,10-11,14-19,31,37H,3,7-9,12-13,20-23H2,1-2H3,(H,35,36);/q;+1/p-1. The van der Waals surface area contributed by atoms with E-state index in [0.717, 1.165) is 37.0 Å². The quantitative estimate of drug-likeness (QED) is 0.139. The van der Waals surface area contributed by atoms with Gasteiger partial charge < -0.3 is 24.5 Å². The van der Waals surface area contributed by atoms with Crippen LogP contribution in [0.15, 0.2) is 66.7 Å². The number of thioether (sulfide) groups is 1. The maximum Gasteiger partial charge on any atom is 1.00 e. The monoisotopic (exact) mass is 586 g/mol. The SMILES string of the molecule is CCCc1c(OCCCOc2ccc(C(CCCc3ccccc3)SCCC(=O)[O-])cc2)ccc(C(C)=O)c1O.[Na+].